The molecule has 7 nitrogen and oxygen atoms in total. The molecule has 2 aliphatic rings. The van der Waals surface area contributed by atoms with Crippen LogP contribution < -0.4 is 9.64 Å². The molecule has 1 aromatic carbocycles. The molecule has 1 atom stereocenters. The summed E-state index contributed by atoms with van der Waals surface area (Å²) in [5.41, 5.74) is -0.0224. The zero-order chi connectivity index (χ0) is 17.8. The molecule has 25 heavy (non-hydrogen) atoms. The van der Waals surface area contributed by atoms with Crippen molar-refractivity contribution in [1.82, 2.24) is 0 Å². The molecule has 8 heteroatoms. The second-order valence-corrected chi connectivity index (χ2v) is 6.48. The molecule has 1 aromatic rings. The average Bonchev–Trinajstić information content (AvgIpc) is 3.14. The zero-order valence-corrected chi connectivity index (χ0v) is 14.3. The monoisotopic (exact) mass is 354 g/mol. The maximum atomic E-state index is 14.3. The van der Waals surface area contributed by atoms with E-state index >= 15 is 0 Å². The number of rotatable bonds is 6. The van der Waals surface area contributed by atoms with Crippen LogP contribution in [0, 0.1) is 21.8 Å². The van der Waals surface area contributed by atoms with Crippen LogP contribution in [0.1, 0.15) is 19.3 Å². The Bertz CT molecular complexity index is 613. The molecule has 0 N–H and O–H groups in total. The summed E-state index contributed by atoms with van der Waals surface area (Å²) in [5.74, 6) is -0.0506. The molecule has 2 fully saturated rings. The van der Waals surface area contributed by atoms with Crippen molar-refractivity contribution in [2.24, 2.45) is 5.92 Å². The van der Waals surface area contributed by atoms with Gasteiger partial charge in [-0.15, -0.1) is 0 Å². The molecule has 0 amide bonds. The molecular weight excluding hydrogens is 331 g/mol. The molecule has 0 saturated carbocycles. The van der Waals surface area contributed by atoms with Crippen molar-refractivity contribution < 1.29 is 23.5 Å². The van der Waals surface area contributed by atoms with Crippen LogP contribution in [0.3, 0.4) is 0 Å². The number of nitro benzene ring substituents is 1. The number of piperidine rings is 1. The van der Waals surface area contributed by atoms with Crippen LogP contribution >= 0.6 is 0 Å². The number of methoxy groups -OCH3 is 1. The third-order valence-electron chi connectivity index (χ3n) is 4.82. The van der Waals surface area contributed by atoms with E-state index in [1.165, 1.54) is 13.2 Å². The Labute approximate surface area is 145 Å². The minimum absolute atomic E-state index is 0.0704. The van der Waals surface area contributed by atoms with E-state index in [-0.39, 0.29) is 17.5 Å². The summed E-state index contributed by atoms with van der Waals surface area (Å²) in [6.07, 6.45) is 2.81. The van der Waals surface area contributed by atoms with Crippen molar-refractivity contribution >= 4 is 11.4 Å². The number of hydrogen-bond acceptors (Lipinski definition) is 6. The van der Waals surface area contributed by atoms with Crippen LogP contribution in [0.4, 0.5) is 15.8 Å². The van der Waals surface area contributed by atoms with Crippen LogP contribution in [-0.4, -0.2) is 51.0 Å². The Kier molecular flexibility index (Phi) is 5.70. The minimum Gasteiger partial charge on any atom is -0.490 e. The van der Waals surface area contributed by atoms with Gasteiger partial charge in [0.25, 0.3) is 0 Å². The van der Waals surface area contributed by atoms with Gasteiger partial charge < -0.3 is 19.1 Å². The molecule has 1 unspecified atom stereocenters. The minimum atomic E-state index is -0.640. The molecule has 0 aromatic heterocycles. The quantitative estimate of drug-likeness (QED) is 0.578. The van der Waals surface area contributed by atoms with Gasteiger partial charge in [0.2, 0.25) is 0 Å². The molecule has 0 bridgehead atoms. The predicted molar refractivity (Wildman–Crippen MR) is 89.7 cm³/mol. The van der Waals surface area contributed by atoms with Gasteiger partial charge in [0.15, 0.2) is 11.6 Å². The standard InChI is InChI=1S/C17H23FN2O5/c1-23-17-9-15(14(18)8-16(17)20(21)22)19-5-2-13(3-6-19)25-11-12-4-7-24-10-12/h8-9,12-13H,2-7,10-11H2,1H3. The van der Waals surface area contributed by atoms with Gasteiger partial charge in [-0.25, -0.2) is 4.39 Å². The average molecular weight is 354 g/mol. The third kappa shape index (κ3) is 4.19. The van der Waals surface area contributed by atoms with Crippen molar-refractivity contribution in [3.05, 3.63) is 28.1 Å². The van der Waals surface area contributed by atoms with Gasteiger partial charge in [-0.3, -0.25) is 10.1 Å². The van der Waals surface area contributed by atoms with E-state index in [0.29, 0.717) is 31.3 Å². The molecule has 2 aliphatic heterocycles. The number of halogens is 1. The smallest absolute Gasteiger partial charge is 0.313 e. The summed E-state index contributed by atoms with van der Waals surface area (Å²) in [6, 6.07) is 2.33. The lowest BCUT2D eigenvalue weighted by Gasteiger charge is -2.34. The molecular formula is C17H23FN2O5. The maximum absolute atomic E-state index is 14.3. The molecule has 2 heterocycles. The van der Waals surface area contributed by atoms with Gasteiger partial charge in [-0.05, 0) is 19.3 Å². The topological polar surface area (TPSA) is 74.1 Å². The number of nitrogens with zero attached hydrogens (tertiary/aromatic N) is 2. The normalized spacial score (nSPS) is 21.5. The van der Waals surface area contributed by atoms with Crippen molar-refractivity contribution in [1.29, 1.82) is 0 Å². The third-order valence-corrected chi connectivity index (χ3v) is 4.82. The Balaban J connectivity index is 1.59. The van der Waals surface area contributed by atoms with Crippen molar-refractivity contribution in [2.75, 3.05) is 44.9 Å². The Morgan fingerprint density at radius 1 is 1.36 bits per heavy atom. The fourth-order valence-electron chi connectivity index (χ4n) is 3.33. The SMILES string of the molecule is COc1cc(N2CCC(OCC3CCOC3)CC2)c(F)cc1[N+](=O)[O-]. The maximum Gasteiger partial charge on any atom is 0.313 e. The molecule has 0 spiro atoms. The largest absolute Gasteiger partial charge is 0.490 e. The van der Waals surface area contributed by atoms with Crippen molar-refractivity contribution in [3.8, 4) is 5.75 Å². The van der Waals surface area contributed by atoms with Crippen LogP contribution in [0.25, 0.3) is 0 Å². The first kappa shape index (κ1) is 17.9. The van der Waals surface area contributed by atoms with Gasteiger partial charge in [0.05, 0.1) is 43.1 Å². The zero-order valence-electron chi connectivity index (χ0n) is 14.3. The second kappa shape index (κ2) is 7.97. The number of nitro groups is 1. The summed E-state index contributed by atoms with van der Waals surface area (Å²) in [7, 11) is 1.34. The summed E-state index contributed by atoms with van der Waals surface area (Å²) in [6.45, 7) is 3.58. The van der Waals surface area contributed by atoms with E-state index in [1.807, 2.05) is 4.90 Å². The Morgan fingerprint density at radius 3 is 2.72 bits per heavy atom. The van der Waals surface area contributed by atoms with Crippen molar-refractivity contribution in [3.63, 3.8) is 0 Å². The molecule has 0 radical (unpaired) electrons. The highest BCUT2D eigenvalue weighted by Crippen LogP contribution is 2.35. The highest BCUT2D eigenvalue weighted by atomic mass is 19.1. The fourth-order valence-corrected chi connectivity index (χ4v) is 3.33. The Morgan fingerprint density at radius 2 is 2.12 bits per heavy atom. The van der Waals surface area contributed by atoms with Crippen LogP contribution in [-0.2, 0) is 9.47 Å². The van der Waals surface area contributed by atoms with E-state index in [2.05, 4.69) is 0 Å². The van der Waals surface area contributed by atoms with Gasteiger partial charge in [-0.2, -0.15) is 0 Å². The second-order valence-electron chi connectivity index (χ2n) is 6.48. The number of ether oxygens (including phenoxy) is 3. The van der Waals surface area contributed by atoms with Gasteiger partial charge >= 0.3 is 5.69 Å². The lowest BCUT2D eigenvalue weighted by molar-refractivity contribution is -0.385. The van der Waals surface area contributed by atoms with Crippen LogP contribution in [0.2, 0.25) is 0 Å². The number of benzene rings is 1. The summed E-state index contributed by atoms with van der Waals surface area (Å²) in [4.78, 5) is 12.2. The van der Waals surface area contributed by atoms with Crippen LogP contribution in [0.5, 0.6) is 5.75 Å². The fraction of sp³-hybridized carbons (Fsp3) is 0.647. The van der Waals surface area contributed by atoms with E-state index < -0.39 is 10.7 Å². The van der Waals surface area contributed by atoms with E-state index in [9.17, 15) is 14.5 Å². The van der Waals surface area contributed by atoms with Gasteiger partial charge in [0.1, 0.15) is 0 Å². The first-order valence-corrected chi connectivity index (χ1v) is 8.54. The molecule has 138 valence electrons. The lowest BCUT2D eigenvalue weighted by atomic mass is 10.1. The first-order chi connectivity index (χ1) is 12.1. The summed E-state index contributed by atoms with van der Waals surface area (Å²) in [5, 5.41) is 11.0. The molecule has 0 aliphatic carbocycles. The van der Waals surface area contributed by atoms with E-state index in [1.54, 1.807) is 0 Å². The van der Waals surface area contributed by atoms with E-state index in [4.69, 9.17) is 14.2 Å². The lowest BCUT2D eigenvalue weighted by Crippen LogP contribution is -2.38. The molecule has 2 saturated heterocycles. The van der Waals surface area contributed by atoms with Crippen LogP contribution in [0.15, 0.2) is 12.1 Å². The number of hydrogen-bond donors (Lipinski definition) is 0. The first-order valence-electron chi connectivity index (χ1n) is 8.54. The number of anilines is 1. The summed E-state index contributed by atoms with van der Waals surface area (Å²) >= 11 is 0. The summed E-state index contributed by atoms with van der Waals surface area (Å²) < 4.78 is 30.7. The van der Waals surface area contributed by atoms with Crippen molar-refractivity contribution in [2.45, 2.75) is 25.4 Å². The van der Waals surface area contributed by atoms with Gasteiger partial charge in [-0.1, -0.05) is 0 Å². The Hall–Kier alpha value is -1.93. The highest BCUT2D eigenvalue weighted by Gasteiger charge is 2.26. The molecule has 3 rings (SSSR count). The highest BCUT2D eigenvalue weighted by molar-refractivity contribution is 5.60. The van der Waals surface area contributed by atoms with Gasteiger partial charge in [0, 0.05) is 31.7 Å². The van der Waals surface area contributed by atoms with E-state index in [0.717, 1.165) is 38.5 Å². The predicted octanol–water partition coefficient (Wildman–Crippen LogP) is 2.76.